The standard InChI is InChI=1S/C19H23N3O5S/c1-12-9-15(13(2)21-12)17(23)11-27-18-6-5-14(10-16(18)19(20)24)28(25,26)22-7-3-4-8-22/h5-6,9-10,21H,3-4,7-8,11H2,1-2H3,(H2,20,24). The predicted octanol–water partition coefficient (Wildman–Crippen LogP) is 1.78. The maximum atomic E-state index is 12.7. The number of hydrogen-bond donors (Lipinski definition) is 2. The van der Waals surface area contributed by atoms with Gasteiger partial charge in [-0.2, -0.15) is 4.31 Å². The SMILES string of the molecule is Cc1cc(C(=O)COc2ccc(S(=O)(=O)N3CCCC3)cc2C(N)=O)c(C)[nH]1. The van der Waals surface area contributed by atoms with E-state index < -0.39 is 15.9 Å². The second-order valence-electron chi connectivity index (χ2n) is 6.84. The van der Waals surface area contributed by atoms with Gasteiger partial charge in [0.05, 0.1) is 10.5 Å². The number of ether oxygens (including phenoxy) is 1. The number of aromatic nitrogens is 1. The number of carbonyl (C=O) groups excluding carboxylic acids is 2. The highest BCUT2D eigenvalue weighted by atomic mass is 32.2. The van der Waals surface area contributed by atoms with E-state index in [4.69, 9.17) is 10.5 Å². The quantitative estimate of drug-likeness (QED) is 0.680. The molecule has 0 saturated carbocycles. The zero-order valence-corrected chi connectivity index (χ0v) is 16.6. The van der Waals surface area contributed by atoms with Crippen LogP contribution in [-0.4, -0.2) is 49.1 Å². The normalized spacial score (nSPS) is 14.9. The van der Waals surface area contributed by atoms with Crippen LogP contribution in [0.5, 0.6) is 5.75 Å². The highest BCUT2D eigenvalue weighted by Crippen LogP contribution is 2.26. The minimum atomic E-state index is -3.69. The summed E-state index contributed by atoms with van der Waals surface area (Å²) >= 11 is 0. The molecule has 3 N–H and O–H groups in total. The number of nitrogens with zero attached hydrogens (tertiary/aromatic N) is 1. The zero-order valence-electron chi connectivity index (χ0n) is 15.8. The summed E-state index contributed by atoms with van der Waals surface area (Å²) in [4.78, 5) is 27.2. The Morgan fingerprint density at radius 3 is 2.39 bits per heavy atom. The summed E-state index contributed by atoms with van der Waals surface area (Å²) in [6.07, 6.45) is 1.62. The van der Waals surface area contributed by atoms with Gasteiger partial charge in [0.1, 0.15) is 5.75 Å². The van der Waals surface area contributed by atoms with Gasteiger partial charge in [0, 0.05) is 30.0 Å². The molecular weight excluding hydrogens is 382 g/mol. The Morgan fingerprint density at radius 2 is 1.82 bits per heavy atom. The van der Waals surface area contributed by atoms with Crippen LogP contribution < -0.4 is 10.5 Å². The number of primary amides is 1. The van der Waals surface area contributed by atoms with Gasteiger partial charge in [-0.15, -0.1) is 0 Å². The topological polar surface area (TPSA) is 123 Å². The number of ketones is 1. The van der Waals surface area contributed by atoms with Crippen LogP contribution in [-0.2, 0) is 10.0 Å². The number of carbonyl (C=O) groups is 2. The molecule has 28 heavy (non-hydrogen) atoms. The van der Waals surface area contributed by atoms with Crippen molar-refractivity contribution in [3.8, 4) is 5.75 Å². The molecule has 1 aliphatic heterocycles. The maximum absolute atomic E-state index is 12.7. The molecule has 1 amide bonds. The smallest absolute Gasteiger partial charge is 0.252 e. The first-order valence-electron chi connectivity index (χ1n) is 8.96. The summed E-state index contributed by atoms with van der Waals surface area (Å²) in [7, 11) is -3.69. The van der Waals surface area contributed by atoms with E-state index in [0.717, 1.165) is 24.2 Å². The molecule has 3 rings (SSSR count). The lowest BCUT2D eigenvalue weighted by Gasteiger charge is -2.17. The van der Waals surface area contributed by atoms with Crippen LogP contribution in [0.2, 0.25) is 0 Å². The van der Waals surface area contributed by atoms with Crippen LogP contribution in [0, 0.1) is 13.8 Å². The van der Waals surface area contributed by atoms with Crippen LogP contribution in [0.15, 0.2) is 29.2 Å². The average molecular weight is 405 g/mol. The first-order valence-corrected chi connectivity index (χ1v) is 10.4. The van der Waals surface area contributed by atoms with Crippen molar-refractivity contribution in [3.05, 3.63) is 46.8 Å². The van der Waals surface area contributed by atoms with Crippen LogP contribution in [0.3, 0.4) is 0 Å². The first kappa shape index (κ1) is 20.1. The summed E-state index contributed by atoms with van der Waals surface area (Å²) in [5, 5.41) is 0. The van der Waals surface area contributed by atoms with Crippen LogP contribution >= 0.6 is 0 Å². The van der Waals surface area contributed by atoms with Crippen molar-refractivity contribution in [1.82, 2.24) is 9.29 Å². The number of rotatable bonds is 7. The van der Waals surface area contributed by atoms with Crippen molar-refractivity contribution < 1.29 is 22.7 Å². The van der Waals surface area contributed by atoms with Crippen LogP contribution in [0.1, 0.15) is 44.9 Å². The fourth-order valence-electron chi connectivity index (χ4n) is 3.30. The predicted molar refractivity (Wildman–Crippen MR) is 103 cm³/mol. The lowest BCUT2D eigenvalue weighted by atomic mass is 10.1. The Kier molecular flexibility index (Phi) is 5.57. The Balaban J connectivity index is 1.83. The Morgan fingerprint density at radius 1 is 1.14 bits per heavy atom. The summed E-state index contributed by atoms with van der Waals surface area (Å²) in [6.45, 7) is 4.24. The van der Waals surface area contributed by atoms with Gasteiger partial charge in [-0.3, -0.25) is 9.59 Å². The summed E-state index contributed by atoms with van der Waals surface area (Å²) in [5.74, 6) is -1.01. The van der Waals surface area contributed by atoms with E-state index >= 15 is 0 Å². The summed E-state index contributed by atoms with van der Waals surface area (Å²) in [6, 6.07) is 5.67. The largest absolute Gasteiger partial charge is 0.485 e. The van der Waals surface area contributed by atoms with E-state index in [2.05, 4.69) is 4.98 Å². The second-order valence-corrected chi connectivity index (χ2v) is 8.77. The number of amides is 1. The number of sulfonamides is 1. The van der Waals surface area contributed by atoms with Gasteiger partial charge in [-0.1, -0.05) is 0 Å². The first-order chi connectivity index (χ1) is 13.2. The number of nitrogens with one attached hydrogen (secondary N) is 1. The fourth-order valence-corrected chi connectivity index (χ4v) is 4.84. The molecule has 0 spiro atoms. The number of benzene rings is 1. The second kappa shape index (κ2) is 7.76. The van der Waals surface area contributed by atoms with Gasteiger partial charge in [0.15, 0.2) is 6.61 Å². The van der Waals surface area contributed by atoms with E-state index in [1.54, 1.807) is 13.0 Å². The molecule has 2 aromatic rings. The van der Waals surface area contributed by atoms with Crippen molar-refractivity contribution in [3.63, 3.8) is 0 Å². The Hall–Kier alpha value is -2.65. The number of nitrogens with two attached hydrogens (primary N) is 1. The molecule has 1 aromatic carbocycles. The minimum absolute atomic E-state index is 0.0148. The monoisotopic (exact) mass is 405 g/mol. The van der Waals surface area contributed by atoms with Crippen LogP contribution in [0.25, 0.3) is 0 Å². The molecule has 150 valence electrons. The highest BCUT2D eigenvalue weighted by molar-refractivity contribution is 7.89. The number of H-pyrrole nitrogens is 1. The van der Waals surface area contributed by atoms with Gasteiger partial charge in [0.25, 0.3) is 5.91 Å². The molecule has 1 saturated heterocycles. The molecule has 1 aromatic heterocycles. The zero-order chi connectivity index (χ0) is 20.5. The van der Waals surface area contributed by atoms with E-state index in [1.165, 1.54) is 22.5 Å². The minimum Gasteiger partial charge on any atom is -0.485 e. The van der Waals surface area contributed by atoms with Crippen LogP contribution in [0.4, 0.5) is 0 Å². The molecule has 1 aliphatic rings. The van der Waals surface area contributed by atoms with Crippen molar-refractivity contribution in [2.45, 2.75) is 31.6 Å². The number of Topliss-reactive ketones (excluding diaryl/α,β-unsaturated/α-hetero) is 1. The van der Waals surface area contributed by atoms with E-state index in [9.17, 15) is 18.0 Å². The molecule has 1 fully saturated rings. The third-order valence-corrected chi connectivity index (χ3v) is 6.62. The van der Waals surface area contributed by atoms with Gasteiger partial charge < -0.3 is 15.5 Å². The lowest BCUT2D eigenvalue weighted by Crippen LogP contribution is -2.28. The number of hydrogen-bond acceptors (Lipinski definition) is 5. The van der Waals surface area contributed by atoms with Gasteiger partial charge in [-0.25, -0.2) is 8.42 Å². The van der Waals surface area contributed by atoms with E-state index in [-0.39, 0.29) is 28.6 Å². The lowest BCUT2D eigenvalue weighted by molar-refractivity contribution is 0.0911. The molecule has 9 heteroatoms. The highest BCUT2D eigenvalue weighted by Gasteiger charge is 2.28. The van der Waals surface area contributed by atoms with Crippen molar-refractivity contribution in [1.29, 1.82) is 0 Å². The maximum Gasteiger partial charge on any atom is 0.252 e. The van der Waals surface area contributed by atoms with E-state index in [1.807, 2.05) is 6.92 Å². The summed E-state index contributed by atoms with van der Waals surface area (Å²) < 4.78 is 32.3. The third-order valence-electron chi connectivity index (χ3n) is 4.73. The van der Waals surface area contributed by atoms with E-state index in [0.29, 0.717) is 18.7 Å². The van der Waals surface area contributed by atoms with Gasteiger partial charge >= 0.3 is 0 Å². The van der Waals surface area contributed by atoms with Crippen molar-refractivity contribution in [2.75, 3.05) is 19.7 Å². The fraction of sp³-hybridized carbons (Fsp3) is 0.368. The Bertz CT molecular complexity index is 1020. The molecule has 2 heterocycles. The number of aryl methyl sites for hydroxylation is 2. The van der Waals surface area contributed by atoms with Gasteiger partial charge in [0.2, 0.25) is 15.8 Å². The molecule has 0 radical (unpaired) electrons. The molecule has 0 unspecified atom stereocenters. The number of aromatic amines is 1. The van der Waals surface area contributed by atoms with Crippen molar-refractivity contribution >= 4 is 21.7 Å². The molecule has 0 aliphatic carbocycles. The average Bonchev–Trinajstić information content (AvgIpc) is 3.29. The summed E-state index contributed by atoms with van der Waals surface area (Å²) in [5.41, 5.74) is 7.43. The molecule has 8 nitrogen and oxygen atoms in total. The third kappa shape index (κ3) is 3.95. The Labute approximate surface area is 163 Å². The molecule has 0 atom stereocenters. The molecule has 0 bridgehead atoms. The van der Waals surface area contributed by atoms with Gasteiger partial charge in [-0.05, 0) is 51.0 Å². The molecular formula is C19H23N3O5S. The van der Waals surface area contributed by atoms with Crippen molar-refractivity contribution in [2.24, 2.45) is 5.73 Å².